The Morgan fingerprint density at radius 3 is 2.42 bits per heavy atom. The van der Waals surface area contributed by atoms with Crippen molar-refractivity contribution in [2.45, 2.75) is 63.7 Å². The van der Waals surface area contributed by atoms with Gasteiger partial charge >= 0.3 is 0 Å². The Morgan fingerprint density at radius 1 is 1.18 bits per heavy atom. The zero-order chi connectivity index (χ0) is 24.4. The lowest BCUT2D eigenvalue weighted by atomic mass is 9.76. The van der Waals surface area contributed by atoms with Gasteiger partial charge in [-0.25, -0.2) is 13.9 Å². The first-order valence-electron chi connectivity index (χ1n) is 10.9. The van der Waals surface area contributed by atoms with Crippen LogP contribution in [0.3, 0.4) is 0 Å². The van der Waals surface area contributed by atoms with E-state index >= 15 is 0 Å². The van der Waals surface area contributed by atoms with Crippen LogP contribution in [-0.2, 0) is 21.4 Å². The van der Waals surface area contributed by atoms with Gasteiger partial charge in [0.15, 0.2) is 0 Å². The quantitative estimate of drug-likeness (QED) is 0.418. The molecule has 1 heterocycles. The Morgan fingerprint density at radius 2 is 1.82 bits per heavy atom. The summed E-state index contributed by atoms with van der Waals surface area (Å²) in [4.78, 5) is 12.3. The number of piperidine rings is 1. The largest absolute Gasteiger partial charge is 0.489 e. The number of β-amino-alcohol motifs (C(OH)–C–C–N with tert-alkyl or cyclic N) is 1. The molecule has 2 atom stereocenters. The molecule has 0 saturated carbocycles. The predicted molar refractivity (Wildman–Crippen MR) is 123 cm³/mol. The van der Waals surface area contributed by atoms with Crippen LogP contribution in [0, 0.1) is 5.41 Å². The highest BCUT2D eigenvalue weighted by Gasteiger charge is 2.50. The summed E-state index contributed by atoms with van der Waals surface area (Å²) in [5.41, 5.74) is 2.93. The number of hydroxylamine groups is 1. The van der Waals surface area contributed by atoms with Gasteiger partial charge in [-0.1, -0.05) is 52.0 Å². The highest BCUT2D eigenvalue weighted by molar-refractivity contribution is 7.89. The number of carbonyl (C=O) groups is 1. The molecule has 1 aliphatic rings. The van der Waals surface area contributed by atoms with Gasteiger partial charge in [0.1, 0.15) is 18.4 Å². The van der Waals surface area contributed by atoms with E-state index in [1.54, 1.807) is 31.5 Å². The predicted octanol–water partition coefficient (Wildman–Crippen LogP) is 3.04. The Labute approximate surface area is 195 Å². The fraction of sp³-hybridized carbons (Fsp3) is 0.458. The number of hydrogen-bond donors (Lipinski definition) is 3. The molecule has 180 valence electrons. The van der Waals surface area contributed by atoms with Crippen LogP contribution in [0.2, 0.25) is 0 Å². The van der Waals surface area contributed by atoms with Crippen LogP contribution in [0.1, 0.15) is 51.2 Å². The summed E-state index contributed by atoms with van der Waals surface area (Å²) < 4.78 is 33.6. The van der Waals surface area contributed by atoms with Gasteiger partial charge in [-0.2, -0.15) is 4.31 Å². The average molecular weight is 477 g/mol. The average Bonchev–Trinajstić information content (AvgIpc) is 2.76. The molecule has 1 fully saturated rings. The van der Waals surface area contributed by atoms with Crippen molar-refractivity contribution in [2.75, 3.05) is 6.54 Å². The minimum atomic E-state index is -4.13. The highest BCUT2D eigenvalue weighted by Crippen LogP contribution is 2.38. The Kier molecular flexibility index (Phi) is 7.48. The van der Waals surface area contributed by atoms with Crippen LogP contribution in [0.25, 0.3) is 0 Å². The zero-order valence-electron chi connectivity index (χ0n) is 19.4. The van der Waals surface area contributed by atoms with Crippen LogP contribution in [0.15, 0.2) is 53.4 Å². The first-order chi connectivity index (χ1) is 15.5. The van der Waals surface area contributed by atoms with Crippen molar-refractivity contribution >= 4 is 15.9 Å². The summed E-state index contributed by atoms with van der Waals surface area (Å²) in [6, 6.07) is 12.8. The molecular weight excluding hydrogens is 444 g/mol. The van der Waals surface area contributed by atoms with E-state index in [9.17, 15) is 23.5 Å². The van der Waals surface area contributed by atoms with E-state index in [0.29, 0.717) is 18.3 Å². The molecule has 1 amide bonds. The lowest BCUT2D eigenvalue weighted by molar-refractivity contribution is -0.140. The number of amides is 1. The number of nitrogens with one attached hydrogen (secondary N) is 1. The van der Waals surface area contributed by atoms with Crippen molar-refractivity contribution < 1.29 is 28.3 Å². The Balaban J connectivity index is 1.82. The molecule has 1 saturated heterocycles. The number of aliphatic hydroxyl groups excluding tert-OH is 1. The molecule has 2 aromatic carbocycles. The van der Waals surface area contributed by atoms with Gasteiger partial charge in [0.25, 0.3) is 5.91 Å². The number of hydrogen-bond acceptors (Lipinski definition) is 6. The molecule has 2 unspecified atom stereocenters. The number of carbonyl (C=O) groups excluding carboxylic acids is 1. The first-order valence-corrected chi connectivity index (χ1v) is 12.4. The van der Waals surface area contributed by atoms with Crippen molar-refractivity contribution in [2.24, 2.45) is 5.41 Å². The Bertz CT molecular complexity index is 1080. The van der Waals surface area contributed by atoms with E-state index in [-0.39, 0.29) is 17.9 Å². The van der Waals surface area contributed by atoms with Crippen LogP contribution >= 0.6 is 0 Å². The maximum Gasteiger partial charge on any atom is 0.262 e. The fourth-order valence-electron chi connectivity index (χ4n) is 4.50. The lowest BCUT2D eigenvalue weighted by Crippen LogP contribution is -2.62. The second kappa shape index (κ2) is 9.80. The molecular formula is C24H32N2O6S. The zero-order valence-corrected chi connectivity index (χ0v) is 20.2. The van der Waals surface area contributed by atoms with Gasteiger partial charge in [-0.05, 0) is 53.1 Å². The van der Waals surface area contributed by atoms with E-state index < -0.39 is 33.5 Å². The van der Waals surface area contributed by atoms with Gasteiger partial charge in [0, 0.05) is 6.54 Å². The van der Waals surface area contributed by atoms with Crippen molar-refractivity contribution in [3.63, 3.8) is 0 Å². The van der Waals surface area contributed by atoms with E-state index in [1.807, 2.05) is 18.2 Å². The van der Waals surface area contributed by atoms with Crippen LogP contribution in [0.4, 0.5) is 0 Å². The molecule has 0 aromatic heterocycles. The Hall–Kier alpha value is -2.46. The maximum atomic E-state index is 13.4. The topological polar surface area (TPSA) is 116 Å². The van der Waals surface area contributed by atoms with Crippen LogP contribution < -0.4 is 10.2 Å². The summed E-state index contributed by atoms with van der Waals surface area (Å²) in [5.74, 6) is 0.0287. The number of sulfonamides is 1. The van der Waals surface area contributed by atoms with Gasteiger partial charge in [-0.15, -0.1) is 0 Å². The van der Waals surface area contributed by atoms with Crippen molar-refractivity contribution in [1.29, 1.82) is 0 Å². The molecule has 0 spiro atoms. The number of nitrogens with zero attached hydrogens (tertiary/aromatic N) is 1. The van der Waals surface area contributed by atoms with E-state index in [2.05, 4.69) is 19.9 Å². The molecule has 9 heteroatoms. The molecule has 0 radical (unpaired) electrons. The number of benzene rings is 2. The van der Waals surface area contributed by atoms with Crippen molar-refractivity contribution in [3.05, 3.63) is 59.7 Å². The van der Waals surface area contributed by atoms with E-state index in [1.165, 1.54) is 17.7 Å². The molecule has 2 aromatic rings. The number of aliphatic hydroxyl groups is 1. The number of ether oxygens (including phenoxy) is 1. The minimum Gasteiger partial charge on any atom is -0.489 e. The van der Waals surface area contributed by atoms with E-state index in [0.717, 1.165) is 9.87 Å². The van der Waals surface area contributed by atoms with Crippen molar-refractivity contribution in [3.8, 4) is 5.75 Å². The molecule has 1 aliphatic heterocycles. The normalized spacial score (nSPS) is 21.1. The monoisotopic (exact) mass is 476 g/mol. The van der Waals surface area contributed by atoms with Crippen molar-refractivity contribution in [1.82, 2.24) is 9.79 Å². The maximum absolute atomic E-state index is 13.4. The molecule has 0 bridgehead atoms. The molecule has 3 N–H and O–H groups in total. The summed E-state index contributed by atoms with van der Waals surface area (Å²) in [5, 5.41) is 19.4. The summed E-state index contributed by atoms with van der Waals surface area (Å²) >= 11 is 0. The SMILES string of the molecule is CC(C)c1ccccc1COc1ccc(S(=O)(=O)N2CC(O)CC(C)(C)C2C(=O)NO)cc1. The van der Waals surface area contributed by atoms with Gasteiger partial charge in [-0.3, -0.25) is 10.0 Å². The van der Waals surface area contributed by atoms with Crippen LogP contribution in [0.5, 0.6) is 5.75 Å². The molecule has 8 nitrogen and oxygen atoms in total. The second-order valence-corrected chi connectivity index (χ2v) is 11.3. The van der Waals surface area contributed by atoms with E-state index in [4.69, 9.17) is 4.74 Å². The second-order valence-electron chi connectivity index (χ2n) is 9.41. The summed E-state index contributed by atoms with van der Waals surface area (Å²) in [7, 11) is -4.13. The first kappa shape index (κ1) is 25.2. The summed E-state index contributed by atoms with van der Waals surface area (Å²) in [6.45, 7) is 7.70. The third-order valence-corrected chi connectivity index (χ3v) is 7.89. The fourth-order valence-corrected chi connectivity index (χ4v) is 6.28. The van der Waals surface area contributed by atoms with Crippen LogP contribution in [-0.4, -0.2) is 47.6 Å². The molecule has 33 heavy (non-hydrogen) atoms. The smallest absolute Gasteiger partial charge is 0.262 e. The third kappa shape index (κ3) is 5.38. The molecule has 0 aliphatic carbocycles. The van der Waals surface area contributed by atoms with Gasteiger partial charge in [0.2, 0.25) is 10.0 Å². The minimum absolute atomic E-state index is 0.0296. The lowest BCUT2D eigenvalue weighted by Gasteiger charge is -2.45. The standard InChI is InChI=1S/C24H32N2O6S/c1-16(2)21-8-6-5-7-17(21)15-32-19-9-11-20(12-10-19)33(30,31)26-14-18(27)13-24(3,4)22(26)23(28)25-29/h5-12,16,18,22,27,29H,13-15H2,1-4H3,(H,25,28). The third-order valence-electron chi connectivity index (χ3n) is 6.04. The van der Waals surface area contributed by atoms with Gasteiger partial charge in [0.05, 0.1) is 11.0 Å². The molecule has 3 rings (SSSR count). The van der Waals surface area contributed by atoms with Gasteiger partial charge < -0.3 is 9.84 Å². The number of rotatable bonds is 7. The summed E-state index contributed by atoms with van der Waals surface area (Å²) in [6.07, 6.45) is -0.706. The highest BCUT2D eigenvalue weighted by atomic mass is 32.2.